The van der Waals surface area contributed by atoms with E-state index in [-0.39, 0.29) is 16.8 Å². The Hall–Kier alpha value is -2.22. The molecule has 0 unspecified atom stereocenters. The largest absolute Gasteiger partial charge is 0.344 e. The number of benzene rings is 2. The van der Waals surface area contributed by atoms with Crippen LogP contribution in [0.3, 0.4) is 0 Å². The molecule has 6 nitrogen and oxygen atoms in total. The number of rotatable bonds is 7. The summed E-state index contributed by atoms with van der Waals surface area (Å²) in [6.45, 7) is 1.72. The van der Waals surface area contributed by atoms with E-state index in [1.165, 1.54) is 10.4 Å². The predicted molar refractivity (Wildman–Crippen MR) is 114 cm³/mol. The van der Waals surface area contributed by atoms with Gasteiger partial charge in [0.25, 0.3) is 5.91 Å². The molecule has 2 aromatic rings. The molecule has 1 heterocycles. The number of hydrogen-bond donors (Lipinski definition) is 1. The van der Waals surface area contributed by atoms with Crippen molar-refractivity contribution in [2.24, 2.45) is 0 Å². The first-order chi connectivity index (χ1) is 13.9. The fourth-order valence-electron chi connectivity index (χ4n) is 3.58. The summed E-state index contributed by atoms with van der Waals surface area (Å²) in [5, 5.41) is 3.05. The molecule has 1 aliphatic heterocycles. The SMILES string of the molecule is CN(C)C[C@@H](NC(=O)c1cccc(S(=O)(=O)N2CCCCC2)c1)c1ccccc1. The normalized spacial score (nSPS) is 16.5. The van der Waals surface area contributed by atoms with Crippen molar-refractivity contribution in [3.63, 3.8) is 0 Å². The first-order valence-electron chi connectivity index (χ1n) is 9.98. The van der Waals surface area contributed by atoms with Crippen LogP contribution in [0.4, 0.5) is 0 Å². The van der Waals surface area contributed by atoms with Gasteiger partial charge in [-0.25, -0.2) is 8.42 Å². The summed E-state index contributed by atoms with van der Waals surface area (Å²) < 4.78 is 27.4. The molecule has 1 atom stereocenters. The van der Waals surface area contributed by atoms with Crippen molar-refractivity contribution in [2.75, 3.05) is 33.7 Å². The Balaban J connectivity index is 1.81. The van der Waals surface area contributed by atoms with Gasteiger partial charge in [-0.05, 0) is 50.7 Å². The summed E-state index contributed by atoms with van der Waals surface area (Å²) in [7, 11) is 0.332. The van der Waals surface area contributed by atoms with Crippen LogP contribution in [0.25, 0.3) is 0 Å². The zero-order valence-electron chi connectivity index (χ0n) is 17.0. The molecule has 1 amide bonds. The molecular formula is C22H29N3O3S. The molecule has 1 N–H and O–H groups in total. The van der Waals surface area contributed by atoms with E-state index in [0.717, 1.165) is 24.8 Å². The molecule has 3 rings (SSSR count). The zero-order valence-corrected chi connectivity index (χ0v) is 17.9. The highest BCUT2D eigenvalue weighted by Crippen LogP contribution is 2.22. The summed E-state index contributed by atoms with van der Waals surface area (Å²) in [6.07, 6.45) is 2.81. The lowest BCUT2D eigenvalue weighted by molar-refractivity contribution is 0.0929. The van der Waals surface area contributed by atoms with Crippen LogP contribution in [-0.2, 0) is 10.0 Å². The van der Waals surface area contributed by atoms with Gasteiger partial charge < -0.3 is 10.2 Å². The maximum atomic E-state index is 12.9. The third-order valence-electron chi connectivity index (χ3n) is 5.10. The van der Waals surface area contributed by atoms with E-state index in [4.69, 9.17) is 0 Å². The van der Waals surface area contributed by atoms with E-state index in [1.807, 2.05) is 49.3 Å². The van der Waals surface area contributed by atoms with Gasteiger partial charge in [-0.2, -0.15) is 4.31 Å². The summed E-state index contributed by atoms with van der Waals surface area (Å²) in [6, 6.07) is 15.9. The molecule has 0 bridgehead atoms. The molecule has 1 saturated heterocycles. The quantitative estimate of drug-likeness (QED) is 0.755. The molecule has 156 valence electrons. The maximum absolute atomic E-state index is 12.9. The van der Waals surface area contributed by atoms with Crippen molar-refractivity contribution in [1.29, 1.82) is 0 Å². The van der Waals surface area contributed by atoms with E-state index >= 15 is 0 Å². The second-order valence-electron chi connectivity index (χ2n) is 7.69. The number of nitrogens with one attached hydrogen (secondary N) is 1. The highest BCUT2D eigenvalue weighted by atomic mass is 32.2. The molecule has 29 heavy (non-hydrogen) atoms. The molecule has 0 aliphatic carbocycles. The summed E-state index contributed by atoms with van der Waals surface area (Å²) in [5.74, 6) is -0.281. The van der Waals surface area contributed by atoms with Crippen LogP contribution in [0.15, 0.2) is 59.5 Å². The van der Waals surface area contributed by atoms with Crippen molar-refractivity contribution in [1.82, 2.24) is 14.5 Å². The second kappa shape index (κ2) is 9.52. The average Bonchev–Trinajstić information content (AvgIpc) is 2.74. The molecule has 7 heteroatoms. The molecule has 0 aromatic heterocycles. The monoisotopic (exact) mass is 415 g/mol. The molecule has 1 fully saturated rings. The third-order valence-corrected chi connectivity index (χ3v) is 7.00. The predicted octanol–water partition coefficient (Wildman–Crippen LogP) is 2.89. The van der Waals surface area contributed by atoms with Gasteiger partial charge in [-0.1, -0.05) is 42.8 Å². The number of hydrogen-bond acceptors (Lipinski definition) is 4. The number of nitrogens with zero attached hydrogens (tertiary/aromatic N) is 2. The van der Waals surface area contributed by atoms with Crippen LogP contribution in [0.5, 0.6) is 0 Å². The fraction of sp³-hybridized carbons (Fsp3) is 0.409. The number of carbonyl (C=O) groups is 1. The van der Waals surface area contributed by atoms with Crippen LogP contribution in [0.1, 0.15) is 41.2 Å². The van der Waals surface area contributed by atoms with E-state index in [0.29, 0.717) is 25.2 Å². The Morgan fingerprint density at radius 1 is 1.03 bits per heavy atom. The fourth-order valence-corrected chi connectivity index (χ4v) is 5.14. The Morgan fingerprint density at radius 2 is 1.72 bits per heavy atom. The molecule has 0 saturated carbocycles. The Bertz CT molecular complexity index is 923. The minimum Gasteiger partial charge on any atom is -0.344 e. The van der Waals surface area contributed by atoms with Crippen molar-refractivity contribution >= 4 is 15.9 Å². The number of sulfonamides is 1. The van der Waals surface area contributed by atoms with Crippen molar-refractivity contribution in [2.45, 2.75) is 30.2 Å². The van der Waals surface area contributed by atoms with Gasteiger partial charge in [0, 0.05) is 25.2 Å². The lowest BCUT2D eigenvalue weighted by atomic mass is 10.1. The standard InChI is InChI=1S/C22H29N3O3S/c1-24(2)17-21(18-10-5-3-6-11-18)23-22(26)19-12-9-13-20(16-19)29(27,28)25-14-7-4-8-15-25/h3,5-6,9-13,16,21H,4,7-8,14-15,17H2,1-2H3,(H,23,26)/t21-/m1/s1. The van der Waals surface area contributed by atoms with Crippen molar-refractivity contribution < 1.29 is 13.2 Å². The van der Waals surface area contributed by atoms with Gasteiger partial charge >= 0.3 is 0 Å². The number of amides is 1. The summed E-state index contributed by atoms with van der Waals surface area (Å²) in [4.78, 5) is 15.1. The Morgan fingerprint density at radius 3 is 2.38 bits per heavy atom. The Kier molecular flexibility index (Phi) is 7.05. The summed E-state index contributed by atoms with van der Waals surface area (Å²) >= 11 is 0. The molecule has 0 radical (unpaired) electrons. The highest BCUT2D eigenvalue weighted by Gasteiger charge is 2.26. The van der Waals surface area contributed by atoms with Gasteiger partial charge in [0.2, 0.25) is 10.0 Å². The first-order valence-corrected chi connectivity index (χ1v) is 11.4. The van der Waals surface area contributed by atoms with E-state index in [2.05, 4.69) is 5.32 Å². The lowest BCUT2D eigenvalue weighted by Gasteiger charge is -2.26. The zero-order chi connectivity index (χ0) is 20.9. The van der Waals surface area contributed by atoms with Gasteiger partial charge in [-0.3, -0.25) is 4.79 Å². The van der Waals surface area contributed by atoms with Gasteiger partial charge in [-0.15, -0.1) is 0 Å². The molecule has 2 aromatic carbocycles. The lowest BCUT2D eigenvalue weighted by Crippen LogP contribution is -2.36. The number of piperidine rings is 1. The third kappa shape index (κ3) is 5.44. The maximum Gasteiger partial charge on any atom is 0.251 e. The van der Waals surface area contributed by atoms with Crippen LogP contribution < -0.4 is 5.32 Å². The highest BCUT2D eigenvalue weighted by molar-refractivity contribution is 7.89. The number of likely N-dealkylation sites (N-methyl/N-ethyl adjacent to an activating group) is 1. The molecular weight excluding hydrogens is 386 g/mol. The van der Waals surface area contributed by atoms with Gasteiger partial charge in [0.05, 0.1) is 10.9 Å². The average molecular weight is 416 g/mol. The first kappa shape index (κ1) is 21.5. The van der Waals surface area contributed by atoms with E-state index in [9.17, 15) is 13.2 Å². The van der Waals surface area contributed by atoms with Crippen LogP contribution in [0.2, 0.25) is 0 Å². The van der Waals surface area contributed by atoms with E-state index < -0.39 is 10.0 Å². The van der Waals surface area contributed by atoms with Gasteiger partial charge in [0.15, 0.2) is 0 Å². The molecule has 1 aliphatic rings. The molecule has 0 spiro atoms. The van der Waals surface area contributed by atoms with Crippen LogP contribution in [0, 0.1) is 0 Å². The van der Waals surface area contributed by atoms with Crippen LogP contribution in [-0.4, -0.2) is 57.3 Å². The topological polar surface area (TPSA) is 69.7 Å². The number of carbonyl (C=O) groups excluding carboxylic acids is 1. The van der Waals surface area contributed by atoms with Crippen molar-refractivity contribution in [3.8, 4) is 0 Å². The summed E-state index contributed by atoms with van der Waals surface area (Å²) in [5.41, 5.74) is 1.36. The van der Waals surface area contributed by atoms with Crippen molar-refractivity contribution in [3.05, 3.63) is 65.7 Å². The minimum atomic E-state index is -3.57. The van der Waals surface area contributed by atoms with Crippen LogP contribution >= 0.6 is 0 Å². The van der Waals surface area contributed by atoms with Gasteiger partial charge in [0.1, 0.15) is 0 Å². The smallest absolute Gasteiger partial charge is 0.251 e. The van der Waals surface area contributed by atoms with E-state index in [1.54, 1.807) is 18.2 Å². The minimum absolute atomic E-state index is 0.177. The second-order valence-corrected chi connectivity index (χ2v) is 9.63. The Labute approximate surface area is 173 Å².